The molecule has 6 nitrogen and oxygen atoms in total. The number of ether oxygens (including phenoxy) is 4. The fourth-order valence-corrected chi connectivity index (χ4v) is 2.54. The van der Waals surface area contributed by atoms with Crippen molar-refractivity contribution in [3.05, 3.63) is 59.4 Å². The Morgan fingerprint density at radius 2 is 1.70 bits per heavy atom. The van der Waals surface area contributed by atoms with Crippen LogP contribution < -0.4 is 14.2 Å². The number of esters is 1. The highest BCUT2D eigenvalue weighted by molar-refractivity contribution is 6.07. The number of ketones is 1. The van der Waals surface area contributed by atoms with Crippen LogP contribution in [0.2, 0.25) is 0 Å². The van der Waals surface area contributed by atoms with E-state index in [0.29, 0.717) is 17.1 Å². The average Bonchev–Trinajstić information content (AvgIpc) is 2.69. The monoisotopic (exact) mass is 416 g/mol. The number of halogens is 1. The van der Waals surface area contributed by atoms with Crippen LogP contribution in [0.5, 0.6) is 17.2 Å². The number of hydrogen-bond donors (Lipinski definition) is 0. The normalized spacial score (nSPS) is 11.3. The largest absolute Gasteiger partial charge is 0.493 e. The summed E-state index contributed by atoms with van der Waals surface area (Å²) in [6, 6.07) is 9.30. The summed E-state index contributed by atoms with van der Waals surface area (Å²) in [5.74, 6) is -1.16. The topological polar surface area (TPSA) is 71.1 Å². The summed E-state index contributed by atoms with van der Waals surface area (Å²) >= 11 is 0. The fourth-order valence-electron chi connectivity index (χ4n) is 2.54. The minimum atomic E-state index is -0.844. The Kier molecular flexibility index (Phi) is 7.58. The molecule has 0 aliphatic heterocycles. The maximum Gasteiger partial charge on any atom is 0.344 e. The molecule has 0 N–H and O–H groups in total. The van der Waals surface area contributed by atoms with Crippen LogP contribution in [0.1, 0.15) is 36.7 Å². The number of carbonyl (C=O) groups is 2. The average molecular weight is 416 g/mol. The Hall–Kier alpha value is -3.35. The molecule has 2 aromatic carbocycles. The molecule has 0 saturated carbocycles. The summed E-state index contributed by atoms with van der Waals surface area (Å²) < 4.78 is 35.4. The van der Waals surface area contributed by atoms with Gasteiger partial charge < -0.3 is 18.9 Å². The van der Waals surface area contributed by atoms with Gasteiger partial charge in [0, 0.05) is 0 Å². The third kappa shape index (κ3) is 6.34. The van der Waals surface area contributed by atoms with E-state index < -0.39 is 29.8 Å². The number of carbonyl (C=O) groups excluding carboxylic acids is 2. The van der Waals surface area contributed by atoms with Gasteiger partial charge in [0.15, 0.2) is 35.5 Å². The molecule has 0 unspecified atom stereocenters. The fraction of sp³-hybridized carbons (Fsp3) is 0.304. The predicted molar refractivity (Wildman–Crippen MR) is 111 cm³/mol. The van der Waals surface area contributed by atoms with Gasteiger partial charge in [0.05, 0.1) is 19.8 Å². The smallest absolute Gasteiger partial charge is 0.344 e. The SMILES string of the molecule is COc1ccc(/C=C/C(=O)c2cccc(OCC(=O)OC(C)(C)C)c2F)cc1OC. The molecule has 0 aliphatic carbocycles. The van der Waals surface area contributed by atoms with Crippen molar-refractivity contribution in [3.63, 3.8) is 0 Å². The van der Waals surface area contributed by atoms with E-state index in [1.165, 1.54) is 44.6 Å². The maximum absolute atomic E-state index is 14.7. The zero-order chi connectivity index (χ0) is 22.3. The van der Waals surface area contributed by atoms with E-state index >= 15 is 0 Å². The van der Waals surface area contributed by atoms with Crippen LogP contribution in [0.15, 0.2) is 42.5 Å². The van der Waals surface area contributed by atoms with E-state index in [1.54, 1.807) is 39.0 Å². The van der Waals surface area contributed by atoms with Gasteiger partial charge in [0.25, 0.3) is 0 Å². The summed E-state index contributed by atoms with van der Waals surface area (Å²) in [7, 11) is 3.03. The van der Waals surface area contributed by atoms with Crippen LogP contribution >= 0.6 is 0 Å². The van der Waals surface area contributed by atoms with Gasteiger partial charge in [-0.25, -0.2) is 9.18 Å². The summed E-state index contributed by atoms with van der Waals surface area (Å²) in [6.07, 6.45) is 2.79. The highest BCUT2D eigenvalue weighted by Crippen LogP contribution is 2.28. The molecule has 0 spiro atoms. The molecule has 0 amide bonds. The molecule has 0 saturated heterocycles. The highest BCUT2D eigenvalue weighted by Gasteiger charge is 2.19. The van der Waals surface area contributed by atoms with Crippen molar-refractivity contribution in [2.75, 3.05) is 20.8 Å². The van der Waals surface area contributed by atoms with Gasteiger partial charge in [0.1, 0.15) is 5.60 Å². The summed E-state index contributed by atoms with van der Waals surface area (Å²) in [5.41, 5.74) is -0.168. The first-order valence-electron chi connectivity index (χ1n) is 9.22. The van der Waals surface area contributed by atoms with Crippen molar-refractivity contribution >= 4 is 17.8 Å². The summed E-state index contributed by atoms with van der Waals surface area (Å²) in [5, 5.41) is 0. The Morgan fingerprint density at radius 3 is 2.33 bits per heavy atom. The molecule has 0 aromatic heterocycles. The van der Waals surface area contributed by atoms with Gasteiger partial charge in [-0.15, -0.1) is 0 Å². The van der Waals surface area contributed by atoms with Crippen molar-refractivity contribution in [1.82, 2.24) is 0 Å². The zero-order valence-electron chi connectivity index (χ0n) is 17.7. The van der Waals surface area contributed by atoms with Gasteiger partial charge in [-0.3, -0.25) is 4.79 Å². The molecule has 0 radical (unpaired) electrons. The van der Waals surface area contributed by atoms with Crippen molar-refractivity contribution in [2.45, 2.75) is 26.4 Å². The minimum absolute atomic E-state index is 0.173. The number of hydrogen-bond acceptors (Lipinski definition) is 6. The quantitative estimate of drug-likeness (QED) is 0.359. The molecule has 0 aliphatic rings. The number of methoxy groups -OCH3 is 2. The standard InChI is InChI=1S/C23H25FO6/c1-23(2,3)30-21(26)14-29-19-8-6-7-16(22(19)24)17(25)11-9-15-10-12-18(27-4)20(13-15)28-5/h6-13H,14H2,1-5H3/b11-9+. The lowest BCUT2D eigenvalue weighted by Gasteiger charge is -2.19. The molecule has 0 heterocycles. The predicted octanol–water partition coefficient (Wildman–Crippen LogP) is 4.46. The zero-order valence-corrected chi connectivity index (χ0v) is 17.7. The Bertz CT molecular complexity index is 943. The van der Waals surface area contributed by atoms with Crippen molar-refractivity contribution < 1.29 is 32.9 Å². The van der Waals surface area contributed by atoms with Gasteiger partial charge >= 0.3 is 5.97 Å². The van der Waals surface area contributed by atoms with Crippen LogP contribution in [-0.2, 0) is 9.53 Å². The van der Waals surface area contributed by atoms with Crippen LogP contribution in [-0.4, -0.2) is 38.2 Å². The van der Waals surface area contributed by atoms with Crippen LogP contribution in [0.4, 0.5) is 4.39 Å². The van der Waals surface area contributed by atoms with E-state index in [-0.39, 0.29) is 11.3 Å². The molecule has 0 atom stereocenters. The van der Waals surface area contributed by atoms with Gasteiger partial charge in [-0.05, 0) is 56.7 Å². The van der Waals surface area contributed by atoms with Crippen LogP contribution in [0.3, 0.4) is 0 Å². The first kappa shape index (κ1) is 22.9. The first-order chi connectivity index (χ1) is 14.1. The first-order valence-corrected chi connectivity index (χ1v) is 9.22. The van der Waals surface area contributed by atoms with E-state index in [9.17, 15) is 14.0 Å². The third-order valence-electron chi connectivity index (χ3n) is 3.83. The summed E-state index contributed by atoms with van der Waals surface area (Å²) in [4.78, 5) is 24.2. The second-order valence-electron chi connectivity index (χ2n) is 7.30. The van der Waals surface area contributed by atoms with Gasteiger partial charge in [-0.2, -0.15) is 0 Å². The second kappa shape index (κ2) is 9.91. The van der Waals surface area contributed by atoms with E-state index in [0.717, 1.165) is 0 Å². The molecular formula is C23H25FO6. The molecule has 0 bridgehead atoms. The van der Waals surface area contributed by atoms with Crippen molar-refractivity contribution in [3.8, 4) is 17.2 Å². The Labute approximate surface area is 175 Å². The van der Waals surface area contributed by atoms with Crippen molar-refractivity contribution in [2.24, 2.45) is 0 Å². The summed E-state index contributed by atoms with van der Waals surface area (Å²) in [6.45, 7) is 4.69. The van der Waals surface area contributed by atoms with E-state index in [4.69, 9.17) is 18.9 Å². The Balaban J connectivity index is 2.12. The molecule has 2 rings (SSSR count). The molecule has 2 aromatic rings. The lowest BCUT2D eigenvalue weighted by molar-refractivity contribution is -0.157. The second-order valence-corrected chi connectivity index (χ2v) is 7.30. The maximum atomic E-state index is 14.7. The lowest BCUT2D eigenvalue weighted by atomic mass is 10.1. The van der Waals surface area contributed by atoms with Crippen LogP contribution in [0.25, 0.3) is 6.08 Å². The number of allylic oxidation sites excluding steroid dienone is 1. The van der Waals surface area contributed by atoms with Gasteiger partial charge in [0.2, 0.25) is 0 Å². The van der Waals surface area contributed by atoms with Gasteiger partial charge in [-0.1, -0.05) is 18.2 Å². The number of benzene rings is 2. The molecular weight excluding hydrogens is 391 g/mol. The van der Waals surface area contributed by atoms with E-state index in [2.05, 4.69) is 0 Å². The molecule has 0 fully saturated rings. The number of rotatable bonds is 8. The van der Waals surface area contributed by atoms with Crippen LogP contribution in [0, 0.1) is 5.82 Å². The van der Waals surface area contributed by atoms with E-state index in [1.807, 2.05) is 0 Å². The third-order valence-corrected chi connectivity index (χ3v) is 3.83. The molecule has 7 heteroatoms. The van der Waals surface area contributed by atoms with Crippen molar-refractivity contribution in [1.29, 1.82) is 0 Å². The minimum Gasteiger partial charge on any atom is -0.493 e. The highest BCUT2D eigenvalue weighted by atomic mass is 19.1. The Morgan fingerprint density at radius 1 is 1.00 bits per heavy atom. The molecule has 160 valence electrons. The molecule has 30 heavy (non-hydrogen) atoms. The lowest BCUT2D eigenvalue weighted by Crippen LogP contribution is -2.27.